The van der Waals surface area contributed by atoms with E-state index in [1.165, 1.54) is 6.20 Å². The van der Waals surface area contributed by atoms with Crippen molar-refractivity contribution in [2.45, 2.75) is 43.4 Å². The van der Waals surface area contributed by atoms with Gasteiger partial charge in [-0.15, -0.1) is 0 Å². The summed E-state index contributed by atoms with van der Waals surface area (Å²) in [4.78, 5) is 6.98. The summed E-state index contributed by atoms with van der Waals surface area (Å²) in [5.41, 5.74) is 0. The second-order valence-corrected chi connectivity index (χ2v) is 9.02. The highest BCUT2D eigenvalue weighted by Gasteiger charge is 2.31. The number of thioether (sulfide) groups is 1. The number of nitrogens with zero attached hydrogens (tertiary/aromatic N) is 2. The fourth-order valence-electron chi connectivity index (χ4n) is 2.04. The molecular weight excluding hydrogens is 282 g/mol. The van der Waals surface area contributed by atoms with Crippen LogP contribution >= 0.6 is 11.8 Å². The number of H-pyrrole nitrogens is 1. The van der Waals surface area contributed by atoms with Crippen LogP contribution in [0.4, 0.5) is 0 Å². The smallest absolute Gasteiger partial charge is 0.260 e. The van der Waals surface area contributed by atoms with Crippen molar-refractivity contribution < 1.29 is 8.42 Å². The van der Waals surface area contributed by atoms with E-state index in [9.17, 15) is 8.42 Å². The standard InChI is InChI=1S/C12H21N3O2S2/c1-4-10-13-9-11(14-10)19(16,17)15-6-5-12(2,3)18-8-7-15/h9H,4-8H2,1-3H3,(H,13,14). The molecule has 1 fully saturated rings. The zero-order chi connectivity index (χ0) is 14.1. The normalized spacial score (nSPS) is 21.2. The van der Waals surface area contributed by atoms with Crippen LogP contribution in [0, 0.1) is 0 Å². The van der Waals surface area contributed by atoms with Crippen LogP contribution in [0.25, 0.3) is 0 Å². The Hall–Kier alpha value is -0.530. The molecule has 0 saturated carbocycles. The topological polar surface area (TPSA) is 66.1 Å². The average Bonchev–Trinajstić information content (AvgIpc) is 2.75. The molecule has 19 heavy (non-hydrogen) atoms. The molecule has 0 aliphatic carbocycles. The first-order valence-electron chi connectivity index (χ1n) is 6.53. The monoisotopic (exact) mass is 303 g/mol. The van der Waals surface area contributed by atoms with Gasteiger partial charge in [0.05, 0.1) is 6.20 Å². The molecule has 2 heterocycles. The van der Waals surface area contributed by atoms with Gasteiger partial charge >= 0.3 is 0 Å². The number of imidazole rings is 1. The van der Waals surface area contributed by atoms with E-state index >= 15 is 0 Å². The Kier molecular flexibility index (Phi) is 4.27. The summed E-state index contributed by atoms with van der Waals surface area (Å²) >= 11 is 1.83. The summed E-state index contributed by atoms with van der Waals surface area (Å²) in [6, 6.07) is 0. The first-order chi connectivity index (χ1) is 8.85. The summed E-state index contributed by atoms with van der Waals surface area (Å²) in [5, 5.41) is 0.217. The van der Waals surface area contributed by atoms with Gasteiger partial charge in [0, 0.05) is 30.0 Å². The maximum absolute atomic E-state index is 12.5. The van der Waals surface area contributed by atoms with Gasteiger partial charge < -0.3 is 4.98 Å². The molecule has 0 bridgehead atoms. The van der Waals surface area contributed by atoms with Crippen LogP contribution in [0.2, 0.25) is 0 Å². The molecule has 2 rings (SSSR count). The number of rotatable bonds is 3. The summed E-state index contributed by atoms with van der Waals surface area (Å²) in [6.45, 7) is 7.42. The summed E-state index contributed by atoms with van der Waals surface area (Å²) in [5.74, 6) is 1.55. The second-order valence-electron chi connectivity index (χ2n) is 5.31. The van der Waals surface area contributed by atoms with Gasteiger partial charge in [-0.25, -0.2) is 13.4 Å². The minimum Gasteiger partial charge on any atom is -0.332 e. The maximum Gasteiger partial charge on any atom is 0.260 e. The number of nitrogens with one attached hydrogen (secondary N) is 1. The van der Waals surface area contributed by atoms with E-state index in [-0.39, 0.29) is 9.77 Å². The zero-order valence-corrected chi connectivity index (χ0v) is 13.3. The molecule has 1 N–H and O–H groups in total. The van der Waals surface area contributed by atoms with Crippen LogP contribution in [0.3, 0.4) is 0 Å². The molecule has 0 aromatic carbocycles. The Labute approximate surface area is 119 Å². The molecule has 1 aliphatic heterocycles. The van der Waals surface area contributed by atoms with Crippen molar-refractivity contribution in [3.63, 3.8) is 0 Å². The van der Waals surface area contributed by atoms with E-state index in [0.717, 1.165) is 12.2 Å². The summed E-state index contributed by atoms with van der Waals surface area (Å²) in [7, 11) is -3.42. The minimum atomic E-state index is -3.42. The van der Waals surface area contributed by atoms with E-state index in [1.807, 2.05) is 18.7 Å². The average molecular weight is 303 g/mol. The quantitative estimate of drug-likeness (QED) is 0.926. The molecular formula is C12H21N3O2S2. The van der Waals surface area contributed by atoms with Gasteiger partial charge in [0.1, 0.15) is 5.82 Å². The summed E-state index contributed by atoms with van der Waals surface area (Å²) < 4.78 is 26.8. The third-order valence-corrected chi connectivity index (χ3v) is 6.54. The van der Waals surface area contributed by atoms with Crippen molar-refractivity contribution in [3.8, 4) is 0 Å². The minimum absolute atomic E-state index is 0.146. The third-order valence-electron chi connectivity index (χ3n) is 3.35. The largest absolute Gasteiger partial charge is 0.332 e. The van der Waals surface area contributed by atoms with Crippen molar-refractivity contribution in [2.75, 3.05) is 18.8 Å². The molecule has 0 spiro atoms. The fourth-order valence-corrected chi connectivity index (χ4v) is 4.62. The predicted molar refractivity (Wildman–Crippen MR) is 77.9 cm³/mol. The molecule has 5 nitrogen and oxygen atoms in total. The van der Waals surface area contributed by atoms with Gasteiger partial charge in [0.2, 0.25) is 0 Å². The van der Waals surface area contributed by atoms with Gasteiger partial charge in [-0.2, -0.15) is 16.1 Å². The molecule has 0 amide bonds. The van der Waals surface area contributed by atoms with E-state index < -0.39 is 10.0 Å². The Morgan fingerprint density at radius 2 is 2.21 bits per heavy atom. The van der Waals surface area contributed by atoms with Gasteiger partial charge in [-0.1, -0.05) is 20.8 Å². The molecule has 1 aliphatic rings. The van der Waals surface area contributed by atoms with Gasteiger partial charge in [0.15, 0.2) is 5.03 Å². The van der Waals surface area contributed by atoms with Crippen molar-refractivity contribution in [3.05, 3.63) is 12.0 Å². The van der Waals surface area contributed by atoms with E-state index in [2.05, 4.69) is 23.8 Å². The van der Waals surface area contributed by atoms with Crippen LogP contribution in [0.5, 0.6) is 0 Å². The number of aromatic amines is 1. The first kappa shape index (κ1) is 14.9. The van der Waals surface area contributed by atoms with Crippen LogP contribution in [-0.2, 0) is 16.4 Å². The number of sulfonamides is 1. The number of hydrogen-bond donors (Lipinski definition) is 1. The Balaban J connectivity index is 2.20. The van der Waals surface area contributed by atoms with E-state index in [4.69, 9.17) is 0 Å². The van der Waals surface area contributed by atoms with Crippen LogP contribution in [-0.4, -0.2) is 46.3 Å². The molecule has 7 heteroatoms. The Morgan fingerprint density at radius 1 is 1.47 bits per heavy atom. The number of hydrogen-bond acceptors (Lipinski definition) is 4. The van der Waals surface area contributed by atoms with Crippen molar-refractivity contribution >= 4 is 21.8 Å². The number of aromatic nitrogens is 2. The molecule has 1 aromatic rings. The Bertz CT molecular complexity index is 537. The number of aryl methyl sites for hydroxylation is 1. The van der Waals surface area contributed by atoms with Gasteiger partial charge in [0.25, 0.3) is 10.0 Å². The van der Waals surface area contributed by atoms with Gasteiger partial charge in [-0.3, -0.25) is 0 Å². The molecule has 0 atom stereocenters. The highest BCUT2D eigenvalue weighted by Crippen LogP contribution is 2.32. The lowest BCUT2D eigenvalue weighted by Crippen LogP contribution is -2.33. The molecule has 1 saturated heterocycles. The zero-order valence-electron chi connectivity index (χ0n) is 11.6. The van der Waals surface area contributed by atoms with Crippen LogP contribution in [0.15, 0.2) is 11.2 Å². The molecule has 0 unspecified atom stereocenters. The fraction of sp³-hybridized carbons (Fsp3) is 0.750. The van der Waals surface area contributed by atoms with E-state index in [1.54, 1.807) is 4.31 Å². The maximum atomic E-state index is 12.5. The van der Waals surface area contributed by atoms with Crippen molar-refractivity contribution in [2.24, 2.45) is 0 Å². The lowest BCUT2D eigenvalue weighted by atomic mass is 10.1. The third kappa shape index (κ3) is 3.32. The second kappa shape index (κ2) is 5.46. The van der Waals surface area contributed by atoms with Crippen LogP contribution in [0.1, 0.15) is 33.0 Å². The SMILES string of the molecule is CCc1ncc(S(=O)(=O)N2CCSC(C)(C)CC2)[nH]1. The van der Waals surface area contributed by atoms with Crippen LogP contribution < -0.4 is 0 Å². The summed E-state index contributed by atoms with van der Waals surface area (Å²) in [6.07, 6.45) is 3.00. The lowest BCUT2D eigenvalue weighted by molar-refractivity contribution is 0.413. The highest BCUT2D eigenvalue weighted by molar-refractivity contribution is 8.00. The van der Waals surface area contributed by atoms with Crippen molar-refractivity contribution in [1.82, 2.24) is 14.3 Å². The van der Waals surface area contributed by atoms with E-state index in [0.29, 0.717) is 25.3 Å². The predicted octanol–water partition coefficient (Wildman–Crippen LogP) is 1.88. The Morgan fingerprint density at radius 3 is 2.84 bits per heavy atom. The lowest BCUT2D eigenvalue weighted by Gasteiger charge is -2.21. The molecule has 108 valence electrons. The van der Waals surface area contributed by atoms with Crippen molar-refractivity contribution in [1.29, 1.82) is 0 Å². The van der Waals surface area contributed by atoms with Gasteiger partial charge in [-0.05, 0) is 6.42 Å². The highest BCUT2D eigenvalue weighted by atomic mass is 32.2. The molecule has 0 radical (unpaired) electrons. The first-order valence-corrected chi connectivity index (χ1v) is 8.96. The molecule has 1 aromatic heterocycles.